The summed E-state index contributed by atoms with van der Waals surface area (Å²) in [4.78, 5) is 25.6. The van der Waals surface area contributed by atoms with E-state index in [-0.39, 0.29) is 12.5 Å². The van der Waals surface area contributed by atoms with Gasteiger partial charge in [-0.1, -0.05) is 6.92 Å². The maximum Gasteiger partial charge on any atom is 0.419 e. The quantitative estimate of drug-likeness (QED) is 0.779. The summed E-state index contributed by atoms with van der Waals surface area (Å²) >= 11 is 0. The Hall–Kier alpha value is -1.85. The van der Waals surface area contributed by atoms with Crippen LogP contribution in [-0.4, -0.2) is 28.2 Å². The van der Waals surface area contributed by atoms with Crippen molar-refractivity contribution in [3.05, 3.63) is 18.7 Å². The van der Waals surface area contributed by atoms with Crippen LogP contribution in [0.15, 0.2) is 18.7 Å². The van der Waals surface area contributed by atoms with Crippen molar-refractivity contribution in [3.8, 4) is 0 Å². The van der Waals surface area contributed by atoms with Gasteiger partial charge in [-0.3, -0.25) is 4.79 Å². The molecule has 0 fully saturated rings. The van der Waals surface area contributed by atoms with Crippen molar-refractivity contribution in [2.24, 2.45) is 11.7 Å². The van der Waals surface area contributed by atoms with Crippen LogP contribution in [0.25, 0.3) is 0 Å². The van der Waals surface area contributed by atoms with Gasteiger partial charge in [0.25, 0.3) is 0 Å². The minimum absolute atomic E-state index is 0.168. The summed E-state index contributed by atoms with van der Waals surface area (Å²) < 4.78 is 6.10. The van der Waals surface area contributed by atoms with Gasteiger partial charge in [-0.25, -0.2) is 14.3 Å². The third-order valence-corrected chi connectivity index (χ3v) is 1.98. The highest BCUT2D eigenvalue weighted by Crippen LogP contribution is 2.01. The third-order valence-electron chi connectivity index (χ3n) is 1.98. The number of nitrogens with zero attached hydrogens (tertiary/aromatic N) is 2. The number of nitrogens with two attached hydrogens (primary N) is 1. The van der Waals surface area contributed by atoms with Crippen LogP contribution in [0.4, 0.5) is 4.79 Å². The molecular formula is C9H13N3O3. The zero-order chi connectivity index (χ0) is 11.3. The third kappa shape index (κ3) is 3.41. The highest BCUT2D eigenvalue weighted by atomic mass is 16.5. The first-order valence-electron chi connectivity index (χ1n) is 4.55. The van der Waals surface area contributed by atoms with Gasteiger partial charge < -0.3 is 10.5 Å². The van der Waals surface area contributed by atoms with E-state index in [2.05, 4.69) is 4.98 Å². The molecule has 1 aromatic rings. The topological polar surface area (TPSA) is 87.2 Å². The van der Waals surface area contributed by atoms with Gasteiger partial charge in [0.05, 0.1) is 6.61 Å². The number of ether oxygens (including phenoxy) is 1. The molecule has 1 unspecified atom stereocenters. The Morgan fingerprint density at radius 2 is 2.33 bits per heavy atom. The molecule has 1 atom stereocenters. The van der Waals surface area contributed by atoms with Crippen LogP contribution in [0.5, 0.6) is 0 Å². The van der Waals surface area contributed by atoms with E-state index >= 15 is 0 Å². The summed E-state index contributed by atoms with van der Waals surface area (Å²) in [7, 11) is 0. The van der Waals surface area contributed by atoms with Gasteiger partial charge >= 0.3 is 6.09 Å². The molecule has 0 saturated carbocycles. The SMILES string of the molecule is CC(CCOC(=O)n1ccnc1)C(N)=O. The van der Waals surface area contributed by atoms with Crippen molar-refractivity contribution in [1.82, 2.24) is 9.55 Å². The van der Waals surface area contributed by atoms with Gasteiger partial charge in [0.1, 0.15) is 6.33 Å². The maximum absolute atomic E-state index is 11.2. The van der Waals surface area contributed by atoms with Crippen molar-refractivity contribution in [2.45, 2.75) is 13.3 Å². The Morgan fingerprint density at radius 3 is 2.87 bits per heavy atom. The molecule has 15 heavy (non-hydrogen) atoms. The van der Waals surface area contributed by atoms with Crippen LogP contribution >= 0.6 is 0 Å². The van der Waals surface area contributed by atoms with Crippen molar-refractivity contribution >= 4 is 12.0 Å². The van der Waals surface area contributed by atoms with E-state index in [1.165, 1.54) is 23.3 Å². The second-order valence-corrected chi connectivity index (χ2v) is 3.18. The Kier molecular flexibility index (Phi) is 3.84. The average Bonchev–Trinajstić information content (AvgIpc) is 2.70. The van der Waals surface area contributed by atoms with Crippen molar-refractivity contribution in [2.75, 3.05) is 6.61 Å². The Labute approximate surface area is 87.0 Å². The van der Waals surface area contributed by atoms with Crippen molar-refractivity contribution in [1.29, 1.82) is 0 Å². The van der Waals surface area contributed by atoms with E-state index in [1.54, 1.807) is 6.92 Å². The molecule has 6 heteroatoms. The smallest absolute Gasteiger partial charge is 0.419 e. The molecule has 0 aromatic carbocycles. The Morgan fingerprint density at radius 1 is 1.60 bits per heavy atom. The van der Waals surface area contributed by atoms with Crippen molar-refractivity contribution in [3.63, 3.8) is 0 Å². The zero-order valence-electron chi connectivity index (χ0n) is 8.42. The van der Waals surface area contributed by atoms with Crippen LogP contribution in [-0.2, 0) is 9.53 Å². The second kappa shape index (κ2) is 5.14. The highest BCUT2D eigenvalue weighted by Gasteiger charge is 2.10. The fourth-order valence-corrected chi connectivity index (χ4v) is 0.907. The summed E-state index contributed by atoms with van der Waals surface area (Å²) in [6.07, 6.45) is 4.23. The monoisotopic (exact) mass is 211 g/mol. The predicted molar refractivity (Wildman–Crippen MR) is 51.9 cm³/mol. The summed E-state index contributed by atoms with van der Waals surface area (Å²) in [6, 6.07) is 0. The van der Waals surface area contributed by atoms with Gasteiger partial charge in [-0.15, -0.1) is 0 Å². The van der Waals surface area contributed by atoms with E-state index in [4.69, 9.17) is 10.5 Å². The standard InChI is InChI=1S/C9H13N3O3/c1-7(8(10)13)2-5-15-9(14)12-4-3-11-6-12/h3-4,6-7H,2,5H2,1H3,(H2,10,13). The molecule has 1 amide bonds. The van der Waals surface area contributed by atoms with E-state index in [1.807, 2.05) is 0 Å². The first-order valence-corrected chi connectivity index (χ1v) is 4.55. The number of primary amides is 1. The van der Waals surface area contributed by atoms with Crippen molar-refractivity contribution < 1.29 is 14.3 Å². The fourth-order valence-electron chi connectivity index (χ4n) is 0.907. The van der Waals surface area contributed by atoms with E-state index in [9.17, 15) is 9.59 Å². The number of hydrogen-bond donors (Lipinski definition) is 1. The van der Waals surface area contributed by atoms with Gasteiger partial charge in [0.15, 0.2) is 0 Å². The molecule has 0 aliphatic rings. The zero-order valence-corrected chi connectivity index (χ0v) is 8.42. The molecule has 1 rings (SSSR count). The summed E-state index contributed by atoms with van der Waals surface area (Å²) in [5, 5.41) is 0. The highest BCUT2D eigenvalue weighted by molar-refractivity contribution is 5.76. The molecule has 0 aliphatic carbocycles. The van der Waals surface area contributed by atoms with Gasteiger partial charge in [-0.2, -0.15) is 0 Å². The van der Waals surface area contributed by atoms with Gasteiger partial charge in [-0.05, 0) is 6.42 Å². The predicted octanol–water partition coefficient (Wildman–Crippen LogP) is 0.379. The lowest BCUT2D eigenvalue weighted by Crippen LogP contribution is -2.23. The maximum atomic E-state index is 11.2. The average molecular weight is 211 g/mol. The first-order chi connectivity index (χ1) is 7.11. The van der Waals surface area contributed by atoms with Gasteiger partial charge in [0.2, 0.25) is 5.91 Å². The van der Waals surface area contributed by atoms with Crippen LogP contribution in [0.3, 0.4) is 0 Å². The normalized spacial score (nSPS) is 12.1. The molecular weight excluding hydrogens is 198 g/mol. The van der Waals surface area contributed by atoms with E-state index < -0.39 is 12.0 Å². The minimum atomic E-state index is -0.510. The second-order valence-electron chi connectivity index (χ2n) is 3.18. The molecule has 1 heterocycles. The number of hydrogen-bond acceptors (Lipinski definition) is 4. The van der Waals surface area contributed by atoms with Crippen LogP contribution in [0.1, 0.15) is 13.3 Å². The van der Waals surface area contributed by atoms with Gasteiger partial charge in [0, 0.05) is 18.3 Å². The number of carbonyl (C=O) groups is 2. The van der Waals surface area contributed by atoms with E-state index in [0.29, 0.717) is 6.42 Å². The summed E-state index contributed by atoms with van der Waals surface area (Å²) in [5.74, 6) is -0.686. The lowest BCUT2D eigenvalue weighted by atomic mass is 10.1. The number of amides is 1. The molecule has 0 spiro atoms. The minimum Gasteiger partial charge on any atom is -0.449 e. The number of carbonyl (C=O) groups excluding carboxylic acids is 2. The Balaban J connectivity index is 2.27. The van der Waals surface area contributed by atoms with Crippen LogP contribution in [0, 0.1) is 5.92 Å². The lowest BCUT2D eigenvalue weighted by Gasteiger charge is -2.07. The number of aromatic nitrogens is 2. The largest absolute Gasteiger partial charge is 0.449 e. The molecule has 0 radical (unpaired) electrons. The van der Waals surface area contributed by atoms with Crippen LogP contribution < -0.4 is 5.73 Å². The molecule has 1 aromatic heterocycles. The molecule has 82 valence electrons. The molecule has 6 nitrogen and oxygen atoms in total. The van der Waals surface area contributed by atoms with E-state index in [0.717, 1.165) is 0 Å². The van der Waals surface area contributed by atoms with Crippen LogP contribution in [0.2, 0.25) is 0 Å². The molecule has 0 saturated heterocycles. The fraction of sp³-hybridized carbons (Fsp3) is 0.444. The summed E-state index contributed by atoms with van der Waals surface area (Å²) in [6.45, 7) is 1.86. The molecule has 2 N–H and O–H groups in total. The molecule has 0 aliphatic heterocycles. The number of imidazole rings is 1. The number of rotatable bonds is 4. The first kappa shape index (κ1) is 11.2. The Bertz CT molecular complexity index is 334. The molecule has 0 bridgehead atoms. The lowest BCUT2D eigenvalue weighted by molar-refractivity contribution is -0.121. The summed E-state index contributed by atoms with van der Waals surface area (Å²) in [5.41, 5.74) is 5.05.